The van der Waals surface area contributed by atoms with E-state index in [9.17, 15) is 4.79 Å². The van der Waals surface area contributed by atoms with E-state index in [0.717, 1.165) is 11.4 Å². The van der Waals surface area contributed by atoms with Gasteiger partial charge in [-0.3, -0.25) is 4.79 Å². The van der Waals surface area contributed by atoms with Crippen LogP contribution in [0.3, 0.4) is 0 Å². The Labute approximate surface area is 127 Å². The van der Waals surface area contributed by atoms with E-state index in [0.29, 0.717) is 24.6 Å². The molecule has 0 saturated carbocycles. The summed E-state index contributed by atoms with van der Waals surface area (Å²) in [6.45, 7) is 1.10. The molecule has 1 heterocycles. The van der Waals surface area contributed by atoms with Crippen LogP contribution < -0.4 is 10.5 Å². The van der Waals surface area contributed by atoms with E-state index in [1.807, 2.05) is 22.9 Å². The van der Waals surface area contributed by atoms with Crippen LogP contribution in [0.1, 0.15) is 5.69 Å². The Hall–Kier alpha value is -1.98. The van der Waals surface area contributed by atoms with Gasteiger partial charge in [-0.2, -0.15) is 0 Å². The van der Waals surface area contributed by atoms with Crippen molar-refractivity contribution in [3.05, 3.63) is 53.3 Å². The van der Waals surface area contributed by atoms with Gasteiger partial charge in [-0.1, -0.05) is 11.6 Å². The molecule has 5 nitrogen and oxygen atoms in total. The minimum Gasteiger partial charge on any atom is -0.492 e. The molecule has 0 spiro atoms. The van der Waals surface area contributed by atoms with Crippen LogP contribution in [0, 0.1) is 0 Å². The zero-order chi connectivity index (χ0) is 15.2. The highest BCUT2D eigenvalue weighted by Crippen LogP contribution is 2.15. The van der Waals surface area contributed by atoms with Gasteiger partial charge in [0.05, 0.1) is 6.54 Å². The molecular weight excluding hydrogens is 292 g/mol. The van der Waals surface area contributed by atoms with Gasteiger partial charge in [-0.05, 0) is 36.4 Å². The van der Waals surface area contributed by atoms with Crippen LogP contribution in [0.15, 0.2) is 42.6 Å². The largest absolute Gasteiger partial charge is 0.492 e. The topological polar surface area (TPSA) is 77.5 Å². The molecule has 0 bridgehead atoms. The van der Waals surface area contributed by atoms with Gasteiger partial charge in [-0.25, -0.2) is 0 Å². The van der Waals surface area contributed by atoms with Crippen LogP contribution in [0.2, 0.25) is 5.02 Å². The van der Waals surface area contributed by atoms with E-state index in [1.165, 1.54) is 0 Å². The summed E-state index contributed by atoms with van der Waals surface area (Å²) in [5.74, 6) is -0.254. The van der Waals surface area contributed by atoms with Gasteiger partial charge < -0.3 is 20.1 Å². The molecule has 21 heavy (non-hydrogen) atoms. The van der Waals surface area contributed by atoms with Crippen LogP contribution in [0.5, 0.6) is 5.75 Å². The Kier molecular flexibility index (Phi) is 5.25. The Morgan fingerprint density at radius 1 is 1.33 bits per heavy atom. The monoisotopic (exact) mass is 308 g/mol. The minimum absolute atomic E-state index is 0.295. The molecule has 0 aliphatic rings. The molecule has 0 radical (unpaired) electrons. The molecular formula is C15H17ClN2O3. The van der Waals surface area contributed by atoms with Crippen molar-refractivity contribution in [2.75, 3.05) is 6.61 Å². The predicted molar refractivity (Wildman–Crippen MR) is 80.7 cm³/mol. The summed E-state index contributed by atoms with van der Waals surface area (Å²) < 4.78 is 7.56. The SMILES string of the molecule is NC(Cc1cccn1CCOc1ccc(Cl)cc1)C(=O)O. The van der Waals surface area contributed by atoms with Gasteiger partial charge in [0.25, 0.3) is 0 Å². The Morgan fingerprint density at radius 3 is 2.71 bits per heavy atom. The molecule has 0 fully saturated rings. The van der Waals surface area contributed by atoms with E-state index >= 15 is 0 Å². The fourth-order valence-corrected chi connectivity index (χ4v) is 2.08. The van der Waals surface area contributed by atoms with Gasteiger partial charge in [0.2, 0.25) is 0 Å². The van der Waals surface area contributed by atoms with Gasteiger partial charge >= 0.3 is 5.97 Å². The lowest BCUT2D eigenvalue weighted by Gasteiger charge is -2.12. The number of benzene rings is 1. The van der Waals surface area contributed by atoms with Crippen molar-refractivity contribution < 1.29 is 14.6 Å². The molecule has 112 valence electrons. The summed E-state index contributed by atoms with van der Waals surface area (Å²) in [5, 5.41) is 9.51. The molecule has 0 amide bonds. The van der Waals surface area contributed by atoms with Crippen LogP contribution in [-0.2, 0) is 17.8 Å². The summed E-state index contributed by atoms with van der Waals surface area (Å²) in [4.78, 5) is 10.8. The molecule has 2 rings (SSSR count). The number of rotatable bonds is 7. The van der Waals surface area contributed by atoms with Crippen molar-refractivity contribution in [2.24, 2.45) is 5.73 Å². The summed E-state index contributed by atoms with van der Waals surface area (Å²) in [7, 11) is 0. The summed E-state index contributed by atoms with van der Waals surface area (Å²) >= 11 is 5.80. The third kappa shape index (κ3) is 4.51. The van der Waals surface area contributed by atoms with E-state index < -0.39 is 12.0 Å². The first-order valence-electron chi connectivity index (χ1n) is 6.57. The number of carboxylic acid groups (broad SMARTS) is 1. The molecule has 0 aliphatic heterocycles. The third-order valence-electron chi connectivity index (χ3n) is 3.08. The summed E-state index contributed by atoms with van der Waals surface area (Å²) in [6.07, 6.45) is 2.18. The molecule has 0 aliphatic carbocycles. The number of nitrogens with two attached hydrogens (primary N) is 1. The molecule has 1 aromatic heterocycles. The minimum atomic E-state index is -1.000. The first-order valence-corrected chi connectivity index (χ1v) is 6.95. The van der Waals surface area contributed by atoms with E-state index in [-0.39, 0.29) is 0 Å². The Bertz CT molecular complexity index is 595. The van der Waals surface area contributed by atoms with Crippen molar-refractivity contribution in [3.63, 3.8) is 0 Å². The predicted octanol–water partition coefficient (Wildman–Crippen LogP) is 2.17. The first kappa shape index (κ1) is 15.4. The average Bonchev–Trinajstić information content (AvgIpc) is 2.88. The molecule has 1 atom stereocenters. The maximum atomic E-state index is 10.8. The smallest absolute Gasteiger partial charge is 0.320 e. The lowest BCUT2D eigenvalue weighted by molar-refractivity contribution is -0.138. The maximum absolute atomic E-state index is 10.8. The normalized spacial score (nSPS) is 12.1. The lowest BCUT2D eigenvalue weighted by Crippen LogP contribution is -2.33. The van der Waals surface area contributed by atoms with Gasteiger partial charge in [0, 0.05) is 23.3 Å². The number of hydrogen-bond donors (Lipinski definition) is 2. The maximum Gasteiger partial charge on any atom is 0.320 e. The Balaban J connectivity index is 1.87. The van der Waals surface area contributed by atoms with Crippen molar-refractivity contribution in [2.45, 2.75) is 19.0 Å². The molecule has 3 N–H and O–H groups in total. The standard InChI is InChI=1S/C15H17ClN2O3/c16-11-3-5-13(6-4-11)21-9-8-18-7-1-2-12(18)10-14(17)15(19)20/h1-7,14H,8-10,17H2,(H,19,20). The van der Waals surface area contributed by atoms with Crippen LogP contribution in [0.4, 0.5) is 0 Å². The highest BCUT2D eigenvalue weighted by Gasteiger charge is 2.14. The number of ether oxygens (including phenoxy) is 1. The highest BCUT2D eigenvalue weighted by molar-refractivity contribution is 6.30. The van der Waals surface area contributed by atoms with E-state index in [2.05, 4.69) is 0 Å². The molecule has 2 aromatic rings. The number of carboxylic acids is 1. The zero-order valence-corrected chi connectivity index (χ0v) is 12.2. The van der Waals surface area contributed by atoms with Crippen LogP contribution in [0.25, 0.3) is 0 Å². The van der Waals surface area contributed by atoms with Gasteiger partial charge in [-0.15, -0.1) is 0 Å². The second-order valence-corrected chi connectivity index (χ2v) is 5.08. The quantitative estimate of drug-likeness (QED) is 0.822. The summed E-state index contributed by atoms with van der Waals surface area (Å²) in [5.41, 5.74) is 6.43. The second-order valence-electron chi connectivity index (χ2n) is 4.64. The lowest BCUT2D eigenvalue weighted by atomic mass is 10.2. The van der Waals surface area contributed by atoms with Crippen molar-refractivity contribution >= 4 is 17.6 Å². The van der Waals surface area contributed by atoms with Gasteiger partial charge in [0.15, 0.2) is 0 Å². The number of aromatic nitrogens is 1. The van der Waals surface area contributed by atoms with Crippen molar-refractivity contribution in [1.29, 1.82) is 0 Å². The first-order chi connectivity index (χ1) is 10.1. The van der Waals surface area contributed by atoms with Crippen LogP contribution >= 0.6 is 11.6 Å². The number of hydrogen-bond acceptors (Lipinski definition) is 3. The fraction of sp³-hybridized carbons (Fsp3) is 0.267. The number of aliphatic carboxylic acids is 1. The Morgan fingerprint density at radius 2 is 2.05 bits per heavy atom. The third-order valence-corrected chi connectivity index (χ3v) is 3.34. The molecule has 0 saturated heterocycles. The molecule has 1 unspecified atom stereocenters. The number of halogens is 1. The van der Waals surface area contributed by atoms with Gasteiger partial charge in [0.1, 0.15) is 18.4 Å². The molecule has 6 heteroatoms. The highest BCUT2D eigenvalue weighted by atomic mass is 35.5. The van der Waals surface area contributed by atoms with Crippen molar-refractivity contribution in [3.8, 4) is 5.75 Å². The van der Waals surface area contributed by atoms with Crippen molar-refractivity contribution in [1.82, 2.24) is 4.57 Å². The molecule has 1 aromatic carbocycles. The van der Waals surface area contributed by atoms with Crippen LogP contribution in [-0.4, -0.2) is 28.3 Å². The number of nitrogens with zero attached hydrogens (tertiary/aromatic N) is 1. The fourth-order valence-electron chi connectivity index (χ4n) is 1.96. The zero-order valence-electron chi connectivity index (χ0n) is 11.4. The number of carbonyl (C=O) groups is 1. The van der Waals surface area contributed by atoms with E-state index in [4.69, 9.17) is 27.2 Å². The average molecular weight is 309 g/mol. The summed E-state index contributed by atoms with van der Waals surface area (Å²) in [6, 6.07) is 9.99. The second kappa shape index (κ2) is 7.15. The van der Waals surface area contributed by atoms with E-state index in [1.54, 1.807) is 24.3 Å².